The lowest BCUT2D eigenvalue weighted by Crippen LogP contribution is -1.94. The van der Waals surface area contributed by atoms with Gasteiger partial charge in [-0.3, -0.25) is 0 Å². The quantitative estimate of drug-likeness (QED) is 0.154. The van der Waals surface area contributed by atoms with Gasteiger partial charge in [0.15, 0.2) is 0 Å². The summed E-state index contributed by atoms with van der Waals surface area (Å²) in [5, 5.41) is 7.25. The molecule has 0 aliphatic heterocycles. The first-order chi connectivity index (χ1) is 30.2. The largest absolute Gasteiger partial charge is 0.455 e. The molecule has 0 amide bonds. The minimum Gasteiger partial charge on any atom is -0.455 e. The zero-order valence-electron chi connectivity index (χ0n) is 33.5. The summed E-state index contributed by atoms with van der Waals surface area (Å²) in [6, 6.07) is 74.3. The first kappa shape index (κ1) is 36.0. The molecule has 0 aliphatic rings. The van der Waals surface area contributed by atoms with Crippen molar-refractivity contribution in [1.82, 2.24) is 9.13 Å². The molecule has 0 aliphatic carbocycles. The Morgan fingerprint density at radius 1 is 0.328 bits per heavy atom. The van der Waals surface area contributed by atoms with Crippen LogP contribution in [0.1, 0.15) is 0 Å². The molecule has 12 rings (SSSR count). The zero-order valence-corrected chi connectivity index (χ0v) is 33.5. The summed E-state index contributed by atoms with van der Waals surface area (Å²) in [5.74, 6) is 0. The van der Waals surface area contributed by atoms with Gasteiger partial charge in [0.05, 0.1) is 22.1 Å². The van der Waals surface area contributed by atoms with Gasteiger partial charge in [-0.15, -0.1) is 0 Å². The summed E-state index contributed by atoms with van der Waals surface area (Å²) >= 11 is 0. The Morgan fingerprint density at radius 3 is 1.48 bits per heavy atom. The molecule has 0 saturated heterocycles. The van der Waals surface area contributed by atoms with Crippen LogP contribution in [0.3, 0.4) is 0 Å². The average molecular weight is 781 g/mol. The highest BCUT2D eigenvalue weighted by molar-refractivity contribution is 6.13. The topological polar surface area (TPSA) is 23.0 Å². The summed E-state index contributed by atoms with van der Waals surface area (Å²) in [5.41, 5.74) is 15.8. The monoisotopic (exact) mass is 780 g/mol. The van der Waals surface area contributed by atoms with Crippen molar-refractivity contribution < 1.29 is 4.42 Å². The van der Waals surface area contributed by atoms with E-state index in [-0.39, 0.29) is 0 Å². The number of hydrogen-bond donors (Lipinski definition) is 0. The third-order valence-electron chi connectivity index (χ3n) is 11.9. The number of fused-ring (bicyclic) bond motifs is 9. The molecule has 12 aromatic rings. The molecular formula is C58H40N2O. The molecule has 0 radical (unpaired) electrons. The van der Waals surface area contributed by atoms with Gasteiger partial charge in [0.1, 0.15) is 11.2 Å². The average Bonchev–Trinajstić information content (AvgIpc) is 3.99. The van der Waals surface area contributed by atoms with Crippen LogP contribution in [0.5, 0.6) is 0 Å². The summed E-state index contributed by atoms with van der Waals surface area (Å²) in [7, 11) is 0. The highest BCUT2D eigenvalue weighted by Gasteiger charge is 2.17. The molecule has 0 fully saturated rings. The molecule has 0 bridgehead atoms. The minimum atomic E-state index is 0.885. The number of aromatic nitrogens is 2. The van der Waals surface area contributed by atoms with Gasteiger partial charge in [-0.25, -0.2) is 0 Å². The van der Waals surface area contributed by atoms with E-state index in [2.05, 4.69) is 229 Å². The smallest absolute Gasteiger partial charge is 0.143 e. The van der Waals surface area contributed by atoms with E-state index in [0.717, 1.165) is 44.3 Å². The fourth-order valence-corrected chi connectivity index (χ4v) is 9.10. The Balaban J connectivity index is 0.00000101. The van der Waals surface area contributed by atoms with E-state index >= 15 is 0 Å². The van der Waals surface area contributed by atoms with Crippen molar-refractivity contribution in [2.45, 2.75) is 0 Å². The van der Waals surface area contributed by atoms with Gasteiger partial charge in [0, 0.05) is 49.3 Å². The van der Waals surface area contributed by atoms with Gasteiger partial charge >= 0.3 is 0 Å². The van der Waals surface area contributed by atoms with Gasteiger partial charge in [-0.1, -0.05) is 159 Å². The van der Waals surface area contributed by atoms with Crippen molar-refractivity contribution in [1.29, 1.82) is 0 Å². The van der Waals surface area contributed by atoms with E-state index in [1.807, 2.05) is 0 Å². The number of hydrogen-bond acceptors (Lipinski definition) is 1. The Hall–Kier alpha value is -8.14. The number of rotatable bonds is 6. The standard InChI is InChI=1S/C54H34N2O.C4H6/c1-2-16-40(17-3-1)55-51-26-9-6-21-45(51)47-33-37(27-29-52(47)55)35-13-10-14-36(31-35)38-28-30-53-48(34-38)46-23-12-22-42(54(46)57-53)39-15-11-18-41(32-39)56-49-24-7-4-19-43(49)44-20-5-8-25-50(44)56;1-3-4-2/h1-34H;3-4H,1-2H2. The second-order valence-electron chi connectivity index (χ2n) is 15.4. The van der Waals surface area contributed by atoms with Crippen LogP contribution in [0.15, 0.2) is 236 Å². The Bertz CT molecular complexity index is 3580. The van der Waals surface area contributed by atoms with E-state index in [0.29, 0.717) is 0 Å². The molecule has 288 valence electrons. The predicted octanol–water partition coefficient (Wildman–Crippen LogP) is 16.1. The minimum absolute atomic E-state index is 0.885. The maximum Gasteiger partial charge on any atom is 0.143 e. The number of para-hydroxylation sites is 5. The molecule has 0 atom stereocenters. The van der Waals surface area contributed by atoms with Gasteiger partial charge in [-0.2, -0.15) is 0 Å². The van der Waals surface area contributed by atoms with Crippen LogP contribution in [0.25, 0.3) is 110 Å². The Morgan fingerprint density at radius 2 is 0.803 bits per heavy atom. The Kier molecular flexibility index (Phi) is 8.79. The van der Waals surface area contributed by atoms with Crippen molar-refractivity contribution >= 4 is 65.6 Å². The first-order valence-electron chi connectivity index (χ1n) is 20.7. The summed E-state index contributed by atoms with van der Waals surface area (Å²) in [4.78, 5) is 0. The molecule has 3 heterocycles. The molecule has 0 saturated carbocycles. The van der Waals surface area contributed by atoms with E-state index in [1.54, 1.807) is 12.2 Å². The lowest BCUT2D eigenvalue weighted by molar-refractivity contribution is 0.670. The van der Waals surface area contributed by atoms with Gasteiger partial charge in [0.2, 0.25) is 0 Å². The fraction of sp³-hybridized carbons (Fsp3) is 0. The van der Waals surface area contributed by atoms with Crippen LogP contribution >= 0.6 is 0 Å². The number of furan rings is 1. The maximum absolute atomic E-state index is 6.69. The lowest BCUT2D eigenvalue weighted by Gasteiger charge is -2.10. The summed E-state index contributed by atoms with van der Waals surface area (Å²) in [6.07, 6.45) is 3.28. The molecule has 61 heavy (non-hydrogen) atoms. The van der Waals surface area contributed by atoms with Crippen molar-refractivity contribution in [2.24, 2.45) is 0 Å². The van der Waals surface area contributed by atoms with Crippen LogP contribution in [-0.2, 0) is 0 Å². The van der Waals surface area contributed by atoms with E-state index < -0.39 is 0 Å². The molecule has 3 nitrogen and oxygen atoms in total. The molecule has 9 aromatic carbocycles. The Labute approximate surface area is 354 Å². The molecular weight excluding hydrogens is 741 g/mol. The van der Waals surface area contributed by atoms with Crippen molar-refractivity contribution in [3.05, 3.63) is 232 Å². The van der Waals surface area contributed by atoms with Crippen molar-refractivity contribution in [3.63, 3.8) is 0 Å². The van der Waals surface area contributed by atoms with Crippen molar-refractivity contribution in [2.75, 3.05) is 0 Å². The van der Waals surface area contributed by atoms with Crippen LogP contribution in [-0.4, -0.2) is 9.13 Å². The fourth-order valence-electron chi connectivity index (χ4n) is 9.10. The summed E-state index contributed by atoms with van der Waals surface area (Å²) < 4.78 is 11.4. The third kappa shape index (κ3) is 6.06. The van der Waals surface area contributed by atoms with Gasteiger partial charge < -0.3 is 13.6 Å². The molecule has 0 spiro atoms. The predicted molar refractivity (Wildman–Crippen MR) is 259 cm³/mol. The van der Waals surface area contributed by atoms with Gasteiger partial charge in [-0.05, 0) is 101 Å². The van der Waals surface area contributed by atoms with Crippen LogP contribution < -0.4 is 0 Å². The van der Waals surface area contributed by atoms with E-state index in [1.165, 1.54) is 66.0 Å². The third-order valence-corrected chi connectivity index (χ3v) is 11.9. The SMILES string of the molecule is C=CC=C.c1ccc(-n2c3ccccc3c3cc(-c4cccc(-c5ccc6oc7c(-c8cccc(-n9c%10ccccc%10c%10ccccc%109)c8)cccc7c6c5)c4)ccc32)cc1. The molecule has 3 aromatic heterocycles. The highest BCUT2D eigenvalue weighted by atomic mass is 16.3. The van der Waals surface area contributed by atoms with Gasteiger partial charge in [0.25, 0.3) is 0 Å². The molecule has 0 unspecified atom stereocenters. The van der Waals surface area contributed by atoms with Crippen LogP contribution in [0, 0.1) is 0 Å². The van der Waals surface area contributed by atoms with Crippen LogP contribution in [0.2, 0.25) is 0 Å². The summed E-state index contributed by atoms with van der Waals surface area (Å²) in [6.45, 7) is 6.72. The van der Waals surface area contributed by atoms with E-state index in [9.17, 15) is 0 Å². The molecule has 3 heteroatoms. The van der Waals surface area contributed by atoms with Crippen molar-refractivity contribution in [3.8, 4) is 44.8 Å². The number of allylic oxidation sites excluding steroid dienone is 2. The number of nitrogens with zero attached hydrogens (tertiary/aromatic N) is 2. The zero-order chi connectivity index (χ0) is 40.9. The maximum atomic E-state index is 6.69. The van der Waals surface area contributed by atoms with Crippen LogP contribution in [0.4, 0.5) is 0 Å². The lowest BCUT2D eigenvalue weighted by atomic mass is 9.96. The van der Waals surface area contributed by atoms with E-state index in [4.69, 9.17) is 4.42 Å². The highest BCUT2D eigenvalue weighted by Crippen LogP contribution is 2.40. The normalized spacial score (nSPS) is 11.4. The first-order valence-corrected chi connectivity index (χ1v) is 20.7. The second kappa shape index (κ2) is 14.9. The second-order valence-corrected chi connectivity index (χ2v) is 15.4. The molecule has 0 N–H and O–H groups in total. The number of benzene rings is 9.